The van der Waals surface area contributed by atoms with Crippen molar-refractivity contribution in [2.75, 3.05) is 19.3 Å². The molecular weight excluding hydrogens is 212 g/mol. The highest BCUT2D eigenvalue weighted by Gasteiger charge is 2.45. The third kappa shape index (κ3) is 2.14. The Morgan fingerprint density at radius 1 is 1.67 bits per heavy atom. The van der Waals surface area contributed by atoms with Crippen LogP contribution in [-0.4, -0.2) is 52.3 Å². The Morgan fingerprint density at radius 2 is 2.40 bits per heavy atom. The summed E-state index contributed by atoms with van der Waals surface area (Å²) in [6.45, 7) is 3.25. The summed E-state index contributed by atoms with van der Waals surface area (Å²) in [7, 11) is 2.13. The summed E-state index contributed by atoms with van der Waals surface area (Å²) in [6.07, 6.45) is 2.08. The number of carboxylic acid groups (broad SMARTS) is 1. The van der Waals surface area contributed by atoms with E-state index in [1.807, 2.05) is 0 Å². The first-order valence-electron chi connectivity index (χ1n) is 5.37. The number of aliphatic carboxylic acids is 1. The first-order valence-corrected chi connectivity index (χ1v) is 6.36. The van der Waals surface area contributed by atoms with Gasteiger partial charge in [0.1, 0.15) is 6.04 Å². The SMILES string of the molecule is CC1CC2(CCN1C)N[C@@H](C(=O)O)CS2. The molecule has 0 bridgehead atoms. The van der Waals surface area contributed by atoms with Crippen molar-refractivity contribution in [3.63, 3.8) is 0 Å². The molecule has 86 valence electrons. The predicted octanol–water partition coefficient (Wildman–Crippen LogP) is 0.586. The first-order chi connectivity index (χ1) is 7.02. The molecule has 3 atom stereocenters. The summed E-state index contributed by atoms with van der Waals surface area (Å²) in [6, 6.07) is 0.178. The van der Waals surface area contributed by atoms with Gasteiger partial charge in [-0.2, -0.15) is 0 Å². The number of nitrogens with zero attached hydrogens (tertiary/aromatic N) is 1. The van der Waals surface area contributed by atoms with Crippen molar-refractivity contribution >= 4 is 17.7 Å². The average molecular weight is 230 g/mol. The molecule has 2 saturated heterocycles. The highest BCUT2D eigenvalue weighted by molar-refractivity contribution is 8.01. The molecule has 2 aliphatic rings. The summed E-state index contributed by atoms with van der Waals surface area (Å²) >= 11 is 1.79. The van der Waals surface area contributed by atoms with E-state index in [4.69, 9.17) is 5.11 Å². The number of thioether (sulfide) groups is 1. The van der Waals surface area contributed by atoms with Gasteiger partial charge in [-0.05, 0) is 26.8 Å². The quantitative estimate of drug-likeness (QED) is 0.690. The van der Waals surface area contributed by atoms with Gasteiger partial charge in [-0.15, -0.1) is 11.8 Å². The number of piperidine rings is 1. The van der Waals surface area contributed by atoms with Crippen LogP contribution in [0.15, 0.2) is 0 Å². The van der Waals surface area contributed by atoms with Gasteiger partial charge in [0.2, 0.25) is 0 Å². The van der Waals surface area contributed by atoms with Crippen LogP contribution >= 0.6 is 11.8 Å². The van der Waals surface area contributed by atoms with E-state index in [0.29, 0.717) is 11.8 Å². The van der Waals surface area contributed by atoms with Crippen LogP contribution < -0.4 is 5.32 Å². The molecule has 2 aliphatic heterocycles. The van der Waals surface area contributed by atoms with Gasteiger partial charge in [-0.25, -0.2) is 0 Å². The van der Waals surface area contributed by atoms with Crippen LogP contribution in [0, 0.1) is 0 Å². The minimum atomic E-state index is -0.717. The lowest BCUT2D eigenvalue weighted by molar-refractivity contribution is -0.139. The smallest absolute Gasteiger partial charge is 0.321 e. The van der Waals surface area contributed by atoms with Crippen molar-refractivity contribution in [1.82, 2.24) is 10.2 Å². The van der Waals surface area contributed by atoms with Gasteiger partial charge in [0.05, 0.1) is 4.87 Å². The molecule has 2 heterocycles. The fraction of sp³-hybridized carbons (Fsp3) is 0.900. The molecule has 0 saturated carbocycles. The monoisotopic (exact) mass is 230 g/mol. The number of rotatable bonds is 1. The van der Waals surface area contributed by atoms with Crippen molar-refractivity contribution in [3.05, 3.63) is 0 Å². The number of hydrogen-bond acceptors (Lipinski definition) is 4. The van der Waals surface area contributed by atoms with Gasteiger partial charge < -0.3 is 10.0 Å². The average Bonchev–Trinajstić information content (AvgIpc) is 2.57. The second kappa shape index (κ2) is 3.96. The maximum Gasteiger partial charge on any atom is 0.321 e. The van der Waals surface area contributed by atoms with Gasteiger partial charge in [-0.3, -0.25) is 10.1 Å². The van der Waals surface area contributed by atoms with E-state index in [1.165, 1.54) is 0 Å². The van der Waals surface area contributed by atoms with E-state index < -0.39 is 5.97 Å². The van der Waals surface area contributed by atoms with Gasteiger partial charge >= 0.3 is 5.97 Å². The van der Waals surface area contributed by atoms with Crippen LogP contribution in [0.5, 0.6) is 0 Å². The Kier molecular flexibility index (Phi) is 2.96. The Balaban J connectivity index is 2.01. The van der Waals surface area contributed by atoms with E-state index in [-0.39, 0.29) is 10.9 Å². The molecule has 15 heavy (non-hydrogen) atoms. The molecule has 2 N–H and O–H groups in total. The molecular formula is C10H18N2O2S. The molecule has 0 radical (unpaired) electrons. The second-order valence-electron chi connectivity index (χ2n) is 4.62. The first kappa shape index (κ1) is 11.2. The molecule has 0 aromatic rings. The third-order valence-electron chi connectivity index (χ3n) is 3.51. The van der Waals surface area contributed by atoms with E-state index in [1.54, 1.807) is 11.8 Å². The maximum absolute atomic E-state index is 10.9. The topological polar surface area (TPSA) is 52.6 Å². The lowest BCUT2D eigenvalue weighted by Crippen LogP contribution is -2.53. The van der Waals surface area contributed by atoms with Crippen LogP contribution in [0.1, 0.15) is 19.8 Å². The summed E-state index contributed by atoms with van der Waals surface area (Å²) in [5, 5.41) is 12.3. The van der Waals surface area contributed by atoms with Gasteiger partial charge in [0.15, 0.2) is 0 Å². The van der Waals surface area contributed by atoms with Crippen molar-refractivity contribution in [3.8, 4) is 0 Å². The molecule has 5 heteroatoms. The number of carbonyl (C=O) groups is 1. The minimum Gasteiger partial charge on any atom is -0.480 e. The molecule has 0 amide bonds. The fourth-order valence-corrected chi connectivity index (χ4v) is 3.88. The Hall–Kier alpha value is -0.260. The zero-order valence-electron chi connectivity index (χ0n) is 9.19. The summed E-state index contributed by atoms with van der Waals surface area (Å²) in [5.41, 5.74) is 0. The molecule has 2 rings (SSSR count). The number of likely N-dealkylation sites (tertiary alicyclic amines) is 1. The van der Waals surface area contributed by atoms with E-state index in [2.05, 4.69) is 24.2 Å². The summed E-state index contributed by atoms with van der Waals surface area (Å²) < 4.78 is 0. The van der Waals surface area contributed by atoms with E-state index in [0.717, 1.165) is 19.4 Å². The molecule has 0 aromatic carbocycles. The van der Waals surface area contributed by atoms with Crippen molar-refractivity contribution in [2.24, 2.45) is 0 Å². The van der Waals surface area contributed by atoms with Crippen molar-refractivity contribution < 1.29 is 9.90 Å². The van der Waals surface area contributed by atoms with Crippen molar-refractivity contribution in [1.29, 1.82) is 0 Å². The Bertz CT molecular complexity index is 274. The van der Waals surface area contributed by atoms with Gasteiger partial charge in [0.25, 0.3) is 0 Å². The van der Waals surface area contributed by atoms with Gasteiger partial charge in [-0.1, -0.05) is 0 Å². The standard InChI is InChI=1S/C10H18N2O2S/c1-7-5-10(3-4-12(7)2)11-8(6-15-10)9(13)14/h7-8,11H,3-6H2,1-2H3,(H,13,14)/t7?,8-,10?/m1/s1. The van der Waals surface area contributed by atoms with Crippen LogP contribution in [0.3, 0.4) is 0 Å². The highest BCUT2D eigenvalue weighted by Crippen LogP contribution is 2.40. The van der Waals surface area contributed by atoms with Crippen LogP contribution in [0.25, 0.3) is 0 Å². The molecule has 2 fully saturated rings. The molecule has 0 aromatic heterocycles. The van der Waals surface area contributed by atoms with Crippen LogP contribution in [-0.2, 0) is 4.79 Å². The Labute approximate surface area is 94.4 Å². The maximum atomic E-state index is 10.9. The van der Waals surface area contributed by atoms with Crippen LogP contribution in [0.2, 0.25) is 0 Å². The highest BCUT2D eigenvalue weighted by atomic mass is 32.2. The lowest BCUT2D eigenvalue weighted by atomic mass is 9.97. The molecule has 1 spiro atoms. The number of hydrogen-bond donors (Lipinski definition) is 2. The zero-order chi connectivity index (χ0) is 11.1. The lowest BCUT2D eigenvalue weighted by Gasteiger charge is -2.41. The van der Waals surface area contributed by atoms with Crippen molar-refractivity contribution in [2.45, 2.75) is 36.7 Å². The van der Waals surface area contributed by atoms with E-state index >= 15 is 0 Å². The second-order valence-corrected chi connectivity index (χ2v) is 6.03. The predicted molar refractivity (Wildman–Crippen MR) is 61.1 cm³/mol. The number of carboxylic acids is 1. The molecule has 2 unspecified atom stereocenters. The third-order valence-corrected chi connectivity index (χ3v) is 5.05. The summed E-state index contributed by atoms with van der Waals surface area (Å²) in [4.78, 5) is 13.2. The van der Waals surface area contributed by atoms with E-state index in [9.17, 15) is 4.79 Å². The molecule has 0 aliphatic carbocycles. The Morgan fingerprint density at radius 3 is 2.93 bits per heavy atom. The van der Waals surface area contributed by atoms with Gasteiger partial charge in [0, 0.05) is 18.3 Å². The normalized spacial score (nSPS) is 42.3. The largest absolute Gasteiger partial charge is 0.480 e. The van der Waals surface area contributed by atoms with Crippen LogP contribution in [0.4, 0.5) is 0 Å². The summed E-state index contributed by atoms with van der Waals surface area (Å²) in [5.74, 6) is -0.0165. The zero-order valence-corrected chi connectivity index (χ0v) is 10.0. The number of nitrogens with one attached hydrogen (secondary N) is 1. The fourth-order valence-electron chi connectivity index (χ4n) is 2.35. The minimum absolute atomic E-state index is 0.0228. The molecule has 4 nitrogen and oxygen atoms in total.